The zero-order valence-corrected chi connectivity index (χ0v) is 19.7. The molecule has 5 aliphatic carbocycles. The molecule has 1 spiro atoms. The van der Waals surface area contributed by atoms with Gasteiger partial charge in [0.1, 0.15) is 11.2 Å². The Labute approximate surface area is 189 Å². The summed E-state index contributed by atoms with van der Waals surface area (Å²) in [5.74, 6) is -0.0448. The predicted molar refractivity (Wildman–Crippen MR) is 115 cm³/mol. The molecule has 0 amide bonds. The number of rotatable bonds is 6. The standard InChI is InChI=1S/C24H37NO7/c1-28-11-21-7-6-15(30-3)23-13-8-12-14(29-2)9-22(26,16(13)17(12)31-4)24(27,20(23)25-10-21)19(32-5)18(21)23/h10,12-20,26-27H,6-9,11H2,1-5H3/t12-,13?,14+,15+,16?,17+,18?,19+,20+,21+,22-,23+,24-/m1/s1. The van der Waals surface area contributed by atoms with Crippen molar-refractivity contribution in [3.05, 3.63) is 0 Å². The molecule has 180 valence electrons. The van der Waals surface area contributed by atoms with Gasteiger partial charge in [-0.15, -0.1) is 0 Å². The van der Waals surface area contributed by atoms with E-state index in [1.807, 2.05) is 6.21 Å². The molecule has 0 radical (unpaired) electrons. The first-order valence-corrected chi connectivity index (χ1v) is 11.9. The summed E-state index contributed by atoms with van der Waals surface area (Å²) in [6.45, 7) is 0.510. The van der Waals surface area contributed by atoms with Crippen molar-refractivity contribution in [1.29, 1.82) is 0 Å². The molecule has 6 rings (SSSR count). The quantitative estimate of drug-likeness (QED) is 0.613. The summed E-state index contributed by atoms with van der Waals surface area (Å²) in [6, 6.07) is -0.502. The second kappa shape index (κ2) is 6.74. The van der Waals surface area contributed by atoms with E-state index in [2.05, 4.69) is 0 Å². The average Bonchev–Trinajstić information content (AvgIpc) is 3.18. The third kappa shape index (κ3) is 1.98. The Morgan fingerprint density at radius 3 is 2.44 bits per heavy atom. The lowest BCUT2D eigenvalue weighted by Crippen LogP contribution is -2.77. The van der Waals surface area contributed by atoms with Gasteiger partial charge in [-0.05, 0) is 25.2 Å². The molecule has 8 heteroatoms. The van der Waals surface area contributed by atoms with Gasteiger partial charge >= 0.3 is 0 Å². The van der Waals surface area contributed by atoms with E-state index >= 15 is 0 Å². The molecular formula is C24H37NO7. The minimum absolute atomic E-state index is 0.0666. The highest BCUT2D eigenvalue weighted by molar-refractivity contribution is 5.72. The highest BCUT2D eigenvalue weighted by Crippen LogP contribution is 2.79. The summed E-state index contributed by atoms with van der Waals surface area (Å²) in [6.07, 6.45) is 3.90. The Morgan fingerprint density at radius 2 is 1.81 bits per heavy atom. The molecule has 2 N–H and O–H groups in total. The van der Waals surface area contributed by atoms with Gasteiger partial charge in [0.2, 0.25) is 0 Å². The zero-order chi connectivity index (χ0) is 22.7. The van der Waals surface area contributed by atoms with Crippen LogP contribution in [-0.2, 0) is 23.7 Å². The van der Waals surface area contributed by atoms with Gasteiger partial charge in [0.15, 0.2) is 0 Å². The highest BCUT2D eigenvalue weighted by atomic mass is 16.5. The molecule has 1 aliphatic heterocycles. The largest absolute Gasteiger partial charge is 0.386 e. The van der Waals surface area contributed by atoms with E-state index in [0.29, 0.717) is 13.0 Å². The molecule has 5 fully saturated rings. The maximum absolute atomic E-state index is 12.7. The van der Waals surface area contributed by atoms with Gasteiger partial charge in [0.05, 0.1) is 37.1 Å². The van der Waals surface area contributed by atoms with Crippen molar-refractivity contribution in [3.63, 3.8) is 0 Å². The first-order chi connectivity index (χ1) is 15.4. The van der Waals surface area contributed by atoms with Crippen LogP contribution in [0.3, 0.4) is 0 Å². The van der Waals surface area contributed by atoms with Crippen LogP contribution >= 0.6 is 0 Å². The van der Waals surface area contributed by atoms with Gasteiger partial charge in [0, 0.05) is 76.8 Å². The number of hydrogen-bond donors (Lipinski definition) is 2. The maximum Gasteiger partial charge on any atom is 0.143 e. The molecule has 13 atom stereocenters. The van der Waals surface area contributed by atoms with Crippen molar-refractivity contribution in [2.45, 2.75) is 67.3 Å². The van der Waals surface area contributed by atoms with Gasteiger partial charge in [-0.25, -0.2) is 0 Å². The van der Waals surface area contributed by atoms with Crippen LogP contribution in [0.5, 0.6) is 0 Å². The predicted octanol–water partition coefficient (Wildman–Crippen LogP) is 0.674. The number of aliphatic imine (C=N–C) groups is 1. The van der Waals surface area contributed by atoms with Crippen molar-refractivity contribution in [2.24, 2.45) is 39.5 Å². The minimum atomic E-state index is -1.57. The van der Waals surface area contributed by atoms with Crippen molar-refractivity contribution in [2.75, 3.05) is 42.2 Å². The molecule has 5 saturated carbocycles. The second-order valence-electron chi connectivity index (χ2n) is 11.2. The Hall–Kier alpha value is -0.610. The number of fused-ring (bicyclic) bond motifs is 2. The van der Waals surface area contributed by atoms with E-state index in [0.717, 1.165) is 19.3 Å². The molecule has 32 heavy (non-hydrogen) atoms. The van der Waals surface area contributed by atoms with Crippen LogP contribution in [0.2, 0.25) is 0 Å². The van der Waals surface area contributed by atoms with E-state index in [1.54, 1.807) is 35.5 Å². The first-order valence-electron chi connectivity index (χ1n) is 11.9. The number of hydrogen-bond acceptors (Lipinski definition) is 8. The lowest BCUT2D eigenvalue weighted by atomic mass is 9.44. The van der Waals surface area contributed by atoms with E-state index in [-0.39, 0.29) is 47.4 Å². The summed E-state index contributed by atoms with van der Waals surface area (Å²) >= 11 is 0. The molecule has 7 bridgehead atoms. The Morgan fingerprint density at radius 1 is 1.03 bits per heavy atom. The third-order valence-corrected chi connectivity index (χ3v) is 10.8. The maximum atomic E-state index is 12.7. The minimum Gasteiger partial charge on any atom is -0.386 e. The fourth-order valence-electron chi connectivity index (χ4n) is 10.2. The summed E-state index contributed by atoms with van der Waals surface area (Å²) in [4.78, 5) is 5.08. The number of nitrogens with zero attached hydrogens (tertiary/aromatic N) is 1. The van der Waals surface area contributed by atoms with Crippen LogP contribution in [0.15, 0.2) is 4.99 Å². The summed E-state index contributed by atoms with van der Waals surface area (Å²) < 4.78 is 30.1. The summed E-state index contributed by atoms with van der Waals surface area (Å²) in [5, 5.41) is 25.2. The SMILES string of the molecule is COC[C@]12C=N[C@H]3[C@@]4(C5C[C@@H]6[C@@H](OC)C[C@@](O)(C5[C@H]6OC)[C@@]3(O)[C@@H](OC)C14)[C@@H](OC)CC2. The third-order valence-electron chi connectivity index (χ3n) is 10.8. The molecule has 0 aromatic rings. The highest BCUT2D eigenvalue weighted by Gasteiger charge is 2.90. The molecule has 8 nitrogen and oxygen atoms in total. The summed E-state index contributed by atoms with van der Waals surface area (Å²) in [5.41, 5.74) is -3.81. The van der Waals surface area contributed by atoms with Crippen LogP contribution in [0.4, 0.5) is 0 Å². The topological polar surface area (TPSA) is 99.0 Å². The second-order valence-corrected chi connectivity index (χ2v) is 11.2. The van der Waals surface area contributed by atoms with E-state index in [1.165, 1.54) is 0 Å². The summed E-state index contributed by atoms with van der Waals surface area (Å²) in [7, 11) is 8.55. The van der Waals surface area contributed by atoms with Crippen LogP contribution in [0.25, 0.3) is 0 Å². The Kier molecular flexibility index (Phi) is 4.61. The number of aliphatic hydroxyl groups is 2. The Bertz CT molecular complexity index is 824. The van der Waals surface area contributed by atoms with E-state index in [9.17, 15) is 10.2 Å². The van der Waals surface area contributed by atoms with Gasteiger partial charge in [0.25, 0.3) is 0 Å². The molecule has 1 heterocycles. The van der Waals surface area contributed by atoms with Crippen molar-refractivity contribution >= 4 is 6.21 Å². The van der Waals surface area contributed by atoms with Gasteiger partial charge < -0.3 is 33.9 Å². The normalized spacial score (nSPS) is 61.3. The molecule has 6 aliphatic rings. The van der Waals surface area contributed by atoms with E-state index < -0.39 is 28.8 Å². The van der Waals surface area contributed by atoms with Gasteiger partial charge in [-0.3, -0.25) is 4.99 Å². The monoisotopic (exact) mass is 451 g/mol. The van der Waals surface area contributed by atoms with E-state index in [4.69, 9.17) is 28.7 Å². The van der Waals surface area contributed by atoms with Crippen LogP contribution in [0.1, 0.15) is 25.7 Å². The fourth-order valence-corrected chi connectivity index (χ4v) is 10.2. The molecule has 0 aromatic carbocycles. The lowest BCUT2D eigenvalue weighted by Gasteiger charge is -2.65. The molecular weight excluding hydrogens is 414 g/mol. The van der Waals surface area contributed by atoms with Crippen molar-refractivity contribution in [3.8, 4) is 0 Å². The lowest BCUT2D eigenvalue weighted by molar-refractivity contribution is -0.293. The molecule has 0 aromatic heterocycles. The first kappa shape index (κ1) is 21.9. The van der Waals surface area contributed by atoms with Crippen LogP contribution < -0.4 is 0 Å². The number of ether oxygens (including phenoxy) is 5. The van der Waals surface area contributed by atoms with Gasteiger partial charge in [-0.2, -0.15) is 0 Å². The Balaban J connectivity index is 1.65. The fraction of sp³-hybridized carbons (Fsp3) is 0.958. The van der Waals surface area contributed by atoms with Crippen molar-refractivity contribution in [1.82, 2.24) is 0 Å². The van der Waals surface area contributed by atoms with Crippen LogP contribution in [-0.4, -0.2) is 100 Å². The molecule has 0 saturated heterocycles. The van der Waals surface area contributed by atoms with Crippen LogP contribution in [0, 0.1) is 34.5 Å². The van der Waals surface area contributed by atoms with Crippen molar-refractivity contribution < 1.29 is 33.9 Å². The smallest absolute Gasteiger partial charge is 0.143 e. The molecule has 3 unspecified atom stereocenters. The zero-order valence-electron chi connectivity index (χ0n) is 19.7. The number of methoxy groups -OCH3 is 5. The van der Waals surface area contributed by atoms with Gasteiger partial charge in [-0.1, -0.05) is 0 Å². The average molecular weight is 452 g/mol.